The summed E-state index contributed by atoms with van der Waals surface area (Å²) in [5, 5.41) is 15.0. The Morgan fingerprint density at radius 2 is 1.72 bits per heavy atom. The summed E-state index contributed by atoms with van der Waals surface area (Å²) in [7, 11) is 3.25. The van der Waals surface area contributed by atoms with Crippen molar-refractivity contribution in [2.24, 2.45) is 7.05 Å². The molecular formula is C33H40N8O2. The molecule has 10 heteroatoms. The lowest BCUT2D eigenvalue weighted by molar-refractivity contribution is 0.187. The number of aryl methyl sites for hydroxylation is 1. The van der Waals surface area contributed by atoms with Crippen molar-refractivity contribution in [3.05, 3.63) is 73.2 Å². The quantitative estimate of drug-likeness (QED) is 0.243. The number of benzene rings is 2. The van der Waals surface area contributed by atoms with Crippen LogP contribution in [0.5, 0.6) is 0 Å². The van der Waals surface area contributed by atoms with Gasteiger partial charge < -0.3 is 20.3 Å². The average Bonchev–Trinajstić information content (AvgIpc) is 3.48. The lowest BCUT2D eigenvalue weighted by Gasteiger charge is -2.40. The molecule has 1 saturated carbocycles. The van der Waals surface area contributed by atoms with Crippen LogP contribution in [0, 0.1) is 0 Å². The van der Waals surface area contributed by atoms with Gasteiger partial charge in [-0.1, -0.05) is 25.0 Å². The molecular weight excluding hydrogens is 540 g/mol. The van der Waals surface area contributed by atoms with Crippen LogP contribution in [0.4, 0.5) is 22.0 Å². The Labute approximate surface area is 252 Å². The molecule has 6 rings (SSSR count). The fraction of sp³-hybridized carbons (Fsp3) is 0.394. The minimum atomic E-state index is -0.484. The fourth-order valence-electron chi connectivity index (χ4n) is 6.27. The molecule has 3 heterocycles. The van der Waals surface area contributed by atoms with Crippen molar-refractivity contribution in [1.82, 2.24) is 25.1 Å². The molecule has 2 aromatic carbocycles. The molecule has 4 aromatic rings. The van der Waals surface area contributed by atoms with Gasteiger partial charge >= 0.3 is 6.09 Å². The third kappa shape index (κ3) is 7.14. The van der Waals surface area contributed by atoms with Gasteiger partial charge in [0.1, 0.15) is 12.1 Å². The highest BCUT2D eigenvalue weighted by molar-refractivity contribution is 5.86. The van der Waals surface area contributed by atoms with Crippen LogP contribution in [0.15, 0.2) is 73.2 Å². The summed E-state index contributed by atoms with van der Waals surface area (Å²) in [5.74, 6) is 1.63. The average molecular weight is 581 g/mol. The highest BCUT2D eigenvalue weighted by Gasteiger charge is 2.29. The minimum Gasteiger partial charge on any atom is -0.453 e. The van der Waals surface area contributed by atoms with E-state index < -0.39 is 6.09 Å². The highest BCUT2D eigenvalue weighted by Crippen LogP contribution is 2.28. The van der Waals surface area contributed by atoms with Gasteiger partial charge in [0, 0.05) is 61.4 Å². The van der Waals surface area contributed by atoms with Crippen molar-refractivity contribution in [2.75, 3.05) is 35.7 Å². The first kappa shape index (κ1) is 28.7. The van der Waals surface area contributed by atoms with Crippen molar-refractivity contribution in [3.63, 3.8) is 0 Å². The number of hydrogen-bond acceptors (Lipinski definition) is 8. The van der Waals surface area contributed by atoms with Gasteiger partial charge in [0.15, 0.2) is 5.82 Å². The maximum Gasteiger partial charge on any atom is 0.411 e. The van der Waals surface area contributed by atoms with E-state index in [1.807, 2.05) is 43.6 Å². The molecule has 10 nitrogen and oxygen atoms in total. The van der Waals surface area contributed by atoms with Crippen molar-refractivity contribution in [1.29, 1.82) is 0 Å². The summed E-state index contributed by atoms with van der Waals surface area (Å²) >= 11 is 0. The molecule has 2 fully saturated rings. The first-order chi connectivity index (χ1) is 21.0. The predicted molar refractivity (Wildman–Crippen MR) is 170 cm³/mol. The molecule has 1 amide bonds. The molecule has 1 saturated heterocycles. The van der Waals surface area contributed by atoms with Crippen molar-refractivity contribution >= 4 is 23.3 Å². The Hall–Kier alpha value is -4.44. The first-order valence-electron chi connectivity index (χ1n) is 15.2. The lowest BCUT2D eigenvalue weighted by Crippen LogP contribution is -2.54. The molecule has 2 aromatic heterocycles. The zero-order valence-corrected chi connectivity index (χ0v) is 24.9. The molecule has 1 aliphatic carbocycles. The number of methoxy groups -OCH3 is 1. The molecule has 43 heavy (non-hydrogen) atoms. The highest BCUT2D eigenvalue weighted by atomic mass is 16.5. The summed E-state index contributed by atoms with van der Waals surface area (Å²) in [5.41, 5.74) is 5.02. The number of carbonyl (C=O) groups excluding carboxylic acids is 1. The van der Waals surface area contributed by atoms with E-state index in [0.29, 0.717) is 23.8 Å². The second-order valence-electron chi connectivity index (χ2n) is 11.5. The van der Waals surface area contributed by atoms with E-state index in [0.717, 1.165) is 54.3 Å². The number of piperidine rings is 1. The van der Waals surface area contributed by atoms with E-state index in [2.05, 4.69) is 66.2 Å². The van der Waals surface area contributed by atoms with E-state index in [1.54, 1.807) is 11.0 Å². The van der Waals surface area contributed by atoms with Gasteiger partial charge in [-0.25, -0.2) is 14.8 Å². The van der Waals surface area contributed by atoms with Gasteiger partial charge in [-0.2, -0.15) is 5.10 Å². The molecule has 3 N–H and O–H groups in total. The predicted octanol–water partition coefficient (Wildman–Crippen LogP) is 5.70. The zero-order valence-electron chi connectivity index (χ0n) is 24.9. The van der Waals surface area contributed by atoms with Gasteiger partial charge in [-0.3, -0.25) is 10.00 Å². The minimum absolute atomic E-state index is 0.310. The van der Waals surface area contributed by atoms with Crippen LogP contribution < -0.4 is 20.9 Å². The van der Waals surface area contributed by atoms with E-state index >= 15 is 0 Å². The number of rotatable bonds is 8. The van der Waals surface area contributed by atoms with E-state index in [9.17, 15) is 4.79 Å². The van der Waals surface area contributed by atoms with Gasteiger partial charge in [-0.15, -0.1) is 0 Å². The Kier molecular flexibility index (Phi) is 8.83. The van der Waals surface area contributed by atoms with Crippen LogP contribution >= 0.6 is 0 Å². The number of hydrogen-bond donors (Lipinski definition) is 3. The van der Waals surface area contributed by atoms with Crippen molar-refractivity contribution in [3.8, 4) is 22.5 Å². The van der Waals surface area contributed by atoms with Gasteiger partial charge in [0.25, 0.3) is 0 Å². The first-order valence-corrected chi connectivity index (χ1v) is 15.2. The Bertz CT molecular complexity index is 1520. The summed E-state index contributed by atoms with van der Waals surface area (Å²) < 4.78 is 6.46. The SMILES string of the molecule is COC(=O)Nc1cccc(-c2ccnc(NC3CCCCC3NC3CCCN(c4ccc(-c5ncn(C)n5)cc4)C3)c2)c1. The smallest absolute Gasteiger partial charge is 0.411 e. The number of nitrogens with one attached hydrogen (secondary N) is 3. The Balaban J connectivity index is 1.09. The largest absolute Gasteiger partial charge is 0.453 e. The standard InChI is InChI=1S/C33H40N8O2/c1-40-22-35-32(39-40)23-12-14-28(15-13-23)41-18-6-9-27(21-41)36-29-10-3-4-11-30(29)38-31-20-25(16-17-34-31)24-7-5-8-26(19-24)37-33(42)43-2/h5,7-8,12-17,19-20,22,27,29-30,36H,3-4,6,9-11,18,21H2,1-2H3,(H,34,38)(H,37,42). The number of nitrogens with zero attached hydrogens (tertiary/aromatic N) is 5. The molecule has 0 bridgehead atoms. The van der Waals surface area contributed by atoms with E-state index in [4.69, 9.17) is 4.74 Å². The van der Waals surface area contributed by atoms with Gasteiger partial charge in [-0.05, 0) is 85.3 Å². The zero-order chi connectivity index (χ0) is 29.6. The number of pyridine rings is 1. The third-order valence-corrected chi connectivity index (χ3v) is 8.45. The maximum absolute atomic E-state index is 11.7. The summed E-state index contributed by atoms with van der Waals surface area (Å²) in [6.07, 6.45) is 10.2. The molecule has 224 valence electrons. The number of amides is 1. The molecule has 3 atom stereocenters. The summed E-state index contributed by atoms with van der Waals surface area (Å²) in [6.45, 7) is 2.06. The van der Waals surface area contributed by atoms with Crippen LogP contribution in [0.25, 0.3) is 22.5 Å². The third-order valence-electron chi connectivity index (χ3n) is 8.45. The van der Waals surface area contributed by atoms with Crippen LogP contribution in [0.2, 0.25) is 0 Å². The van der Waals surface area contributed by atoms with Crippen LogP contribution in [0.3, 0.4) is 0 Å². The summed E-state index contributed by atoms with van der Waals surface area (Å²) in [4.78, 5) is 23.2. The molecule has 0 radical (unpaired) electrons. The number of ether oxygens (including phenoxy) is 1. The van der Waals surface area contributed by atoms with Crippen LogP contribution in [-0.4, -0.2) is 64.2 Å². The molecule has 1 aliphatic heterocycles. The van der Waals surface area contributed by atoms with Gasteiger partial charge in [0.05, 0.1) is 7.11 Å². The number of anilines is 3. The Morgan fingerprint density at radius 1 is 0.907 bits per heavy atom. The second-order valence-corrected chi connectivity index (χ2v) is 11.5. The summed E-state index contributed by atoms with van der Waals surface area (Å²) in [6, 6.07) is 21.6. The topological polar surface area (TPSA) is 109 Å². The van der Waals surface area contributed by atoms with Crippen LogP contribution in [-0.2, 0) is 11.8 Å². The molecule has 3 unspecified atom stereocenters. The van der Waals surface area contributed by atoms with Gasteiger partial charge in [0.2, 0.25) is 0 Å². The number of carbonyl (C=O) groups is 1. The second kappa shape index (κ2) is 13.2. The fourth-order valence-corrected chi connectivity index (χ4v) is 6.27. The molecule has 2 aliphatic rings. The Morgan fingerprint density at radius 3 is 2.51 bits per heavy atom. The van der Waals surface area contributed by atoms with E-state index in [-0.39, 0.29) is 0 Å². The monoisotopic (exact) mass is 580 g/mol. The number of aromatic nitrogens is 4. The lowest BCUT2D eigenvalue weighted by atomic mass is 9.89. The van der Waals surface area contributed by atoms with Crippen molar-refractivity contribution < 1.29 is 9.53 Å². The normalized spacial score (nSPS) is 20.4. The molecule has 0 spiro atoms. The van der Waals surface area contributed by atoms with E-state index in [1.165, 1.54) is 38.5 Å². The van der Waals surface area contributed by atoms with Crippen LogP contribution in [0.1, 0.15) is 38.5 Å². The van der Waals surface area contributed by atoms with Crippen molar-refractivity contribution in [2.45, 2.75) is 56.7 Å². The maximum atomic E-state index is 11.7.